The van der Waals surface area contributed by atoms with E-state index in [-0.39, 0.29) is 12.5 Å². The Hall–Kier alpha value is -2.91. The molecule has 0 atom stereocenters. The number of hydrogen-bond donors (Lipinski definition) is 3. The molecule has 0 aliphatic rings. The maximum atomic E-state index is 9.14. The van der Waals surface area contributed by atoms with Crippen LogP contribution in [0.3, 0.4) is 0 Å². The molecule has 4 aromatic rings. The number of rotatable bonds is 8. The van der Waals surface area contributed by atoms with Gasteiger partial charge < -0.3 is 10.4 Å². The summed E-state index contributed by atoms with van der Waals surface area (Å²) in [5.74, 6) is 1.51. The largest absolute Gasteiger partial charge is 0.396 e. The van der Waals surface area contributed by atoms with Crippen molar-refractivity contribution in [1.82, 2.24) is 29.9 Å². The SMILES string of the molecule is CC(C)c1[nH]nc2c(NCc3ccc(-n4cccn4)cc3)nc(SCCO)nc12. The van der Waals surface area contributed by atoms with Crippen LogP contribution in [0.15, 0.2) is 47.9 Å². The maximum Gasteiger partial charge on any atom is 0.190 e. The number of nitrogens with zero attached hydrogens (tertiary/aromatic N) is 5. The van der Waals surface area contributed by atoms with Crippen LogP contribution in [0.2, 0.25) is 0 Å². The van der Waals surface area contributed by atoms with E-state index in [0.717, 1.165) is 28.0 Å². The third-order valence-electron chi connectivity index (χ3n) is 4.47. The Kier molecular flexibility index (Phi) is 5.77. The fourth-order valence-electron chi connectivity index (χ4n) is 3.00. The van der Waals surface area contributed by atoms with Crippen molar-refractivity contribution in [2.45, 2.75) is 31.5 Å². The molecular weight excluding hydrogens is 386 g/mol. The molecule has 150 valence electrons. The Bertz CT molecular complexity index is 1070. The minimum Gasteiger partial charge on any atom is -0.396 e. The lowest BCUT2D eigenvalue weighted by atomic mass is 10.1. The Balaban J connectivity index is 1.57. The molecule has 0 aliphatic heterocycles. The molecule has 0 saturated carbocycles. The standard InChI is InChI=1S/C20H23N7OS/c1-13(2)16-17-18(26-25-16)19(24-20(23-17)29-11-10-28)21-12-14-4-6-15(7-5-14)27-9-3-8-22-27/h3-9,13,28H,10-12H2,1-2H3,(H,25,26)(H,21,23,24). The predicted molar refractivity (Wildman–Crippen MR) is 114 cm³/mol. The van der Waals surface area contributed by atoms with Gasteiger partial charge in [-0.25, -0.2) is 14.6 Å². The topological polar surface area (TPSA) is 105 Å². The number of thioether (sulfide) groups is 1. The third kappa shape index (κ3) is 4.25. The van der Waals surface area contributed by atoms with E-state index in [0.29, 0.717) is 23.3 Å². The number of hydrogen-bond acceptors (Lipinski definition) is 7. The van der Waals surface area contributed by atoms with Gasteiger partial charge in [0.2, 0.25) is 0 Å². The van der Waals surface area contributed by atoms with Gasteiger partial charge in [0, 0.05) is 24.7 Å². The Labute approximate surface area is 172 Å². The van der Waals surface area contributed by atoms with Crippen molar-refractivity contribution < 1.29 is 5.11 Å². The van der Waals surface area contributed by atoms with E-state index < -0.39 is 0 Å². The summed E-state index contributed by atoms with van der Waals surface area (Å²) >= 11 is 1.43. The fraction of sp³-hybridized carbons (Fsp3) is 0.300. The summed E-state index contributed by atoms with van der Waals surface area (Å²) in [6.45, 7) is 4.90. The lowest BCUT2D eigenvalue weighted by Gasteiger charge is -2.09. The van der Waals surface area contributed by atoms with Crippen molar-refractivity contribution in [2.75, 3.05) is 17.7 Å². The van der Waals surface area contributed by atoms with Crippen LogP contribution >= 0.6 is 11.8 Å². The first-order chi connectivity index (χ1) is 14.2. The molecule has 3 N–H and O–H groups in total. The number of aromatic amines is 1. The zero-order valence-electron chi connectivity index (χ0n) is 16.3. The van der Waals surface area contributed by atoms with Gasteiger partial charge in [-0.3, -0.25) is 5.10 Å². The summed E-state index contributed by atoms with van der Waals surface area (Å²) in [5, 5.41) is 24.9. The predicted octanol–water partition coefficient (Wildman–Crippen LogP) is 3.36. The van der Waals surface area contributed by atoms with Crippen molar-refractivity contribution in [2.24, 2.45) is 0 Å². The van der Waals surface area contributed by atoms with E-state index in [1.165, 1.54) is 11.8 Å². The molecular formula is C20H23N7OS. The number of benzene rings is 1. The second-order valence-corrected chi connectivity index (χ2v) is 7.95. The zero-order valence-corrected chi connectivity index (χ0v) is 17.1. The first kappa shape index (κ1) is 19.4. The van der Waals surface area contributed by atoms with Gasteiger partial charge in [-0.05, 0) is 29.7 Å². The highest BCUT2D eigenvalue weighted by molar-refractivity contribution is 7.99. The van der Waals surface area contributed by atoms with Crippen LogP contribution in [0.1, 0.15) is 31.0 Å². The molecule has 0 fully saturated rings. The molecule has 0 radical (unpaired) electrons. The molecule has 0 saturated heterocycles. The zero-order chi connectivity index (χ0) is 20.2. The number of nitrogens with one attached hydrogen (secondary N) is 2. The minimum atomic E-state index is 0.0832. The van der Waals surface area contributed by atoms with E-state index in [1.807, 2.05) is 29.1 Å². The molecule has 0 spiro atoms. The first-order valence-corrected chi connectivity index (χ1v) is 10.5. The molecule has 3 heterocycles. The highest BCUT2D eigenvalue weighted by Crippen LogP contribution is 2.28. The van der Waals surface area contributed by atoms with Crippen LogP contribution in [0.4, 0.5) is 5.82 Å². The van der Waals surface area contributed by atoms with Gasteiger partial charge in [0.05, 0.1) is 18.0 Å². The minimum absolute atomic E-state index is 0.0832. The normalized spacial score (nSPS) is 11.4. The lowest BCUT2D eigenvalue weighted by molar-refractivity contribution is 0.322. The average molecular weight is 410 g/mol. The van der Waals surface area contributed by atoms with Crippen molar-refractivity contribution in [3.05, 3.63) is 54.0 Å². The van der Waals surface area contributed by atoms with Gasteiger partial charge in [0.15, 0.2) is 16.5 Å². The number of aromatic nitrogens is 6. The van der Waals surface area contributed by atoms with E-state index in [9.17, 15) is 0 Å². The molecule has 4 rings (SSSR count). The van der Waals surface area contributed by atoms with E-state index in [1.54, 1.807) is 6.20 Å². The van der Waals surface area contributed by atoms with Crippen LogP contribution in [-0.4, -0.2) is 47.4 Å². The highest BCUT2D eigenvalue weighted by atomic mass is 32.2. The molecule has 0 aliphatic carbocycles. The van der Waals surface area contributed by atoms with Crippen molar-refractivity contribution in [3.8, 4) is 5.69 Å². The maximum absolute atomic E-state index is 9.14. The number of aliphatic hydroxyl groups is 1. The fourth-order valence-corrected chi connectivity index (χ4v) is 3.58. The van der Waals surface area contributed by atoms with Crippen LogP contribution in [0.5, 0.6) is 0 Å². The van der Waals surface area contributed by atoms with Crippen LogP contribution in [0.25, 0.3) is 16.7 Å². The number of anilines is 1. The summed E-state index contributed by atoms with van der Waals surface area (Å²) in [7, 11) is 0. The lowest BCUT2D eigenvalue weighted by Crippen LogP contribution is -2.05. The van der Waals surface area contributed by atoms with Crippen LogP contribution < -0.4 is 5.32 Å². The van der Waals surface area contributed by atoms with E-state index in [4.69, 9.17) is 5.11 Å². The Morgan fingerprint density at radius 2 is 2.00 bits per heavy atom. The number of fused-ring (bicyclic) bond motifs is 1. The molecule has 0 amide bonds. The van der Waals surface area contributed by atoms with E-state index in [2.05, 4.69) is 56.6 Å². The smallest absolute Gasteiger partial charge is 0.190 e. The summed E-state index contributed by atoms with van der Waals surface area (Å²) < 4.78 is 1.83. The van der Waals surface area contributed by atoms with Gasteiger partial charge in [0.1, 0.15) is 5.52 Å². The molecule has 1 aromatic carbocycles. The number of H-pyrrole nitrogens is 1. The van der Waals surface area contributed by atoms with Gasteiger partial charge in [-0.1, -0.05) is 37.7 Å². The second kappa shape index (κ2) is 8.62. The van der Waals surface area contributed by atoms with Gasteiger partial charge in [-0.15, -0.1) is 0 Å². The van der Waals surface area contributed by atoms with Crippen molar-refractivity contribution in [1.29, 1.82) is 0 Å². The van der Waals surface area contributed by atoms with Gasteiger partial charge >= 0.3 is 0 Å². The summed E-state index contributed by atoms with van der Waals surface area (Å²) in [6.07, 6.45) is 3.68. The molecule has 0 unspecified atom stereocenters. The molecule has 0 bridgehead atoms. The Morgan fingerprint density at radius 3 is 2.69 bits per heavy atom. The van der Waals surface area contributed by atoms with Crippen molar-refractivity contribution >= 4 is 28.6 Å². The number of aliphatic hydroxyl groups excluding tert-OH is 1. The summed E-state index contributed by atoms with van der Waals surface area (Å²) in [5.41, 5.74) is 4.68. The average Bonchev–Trinajstić information content (AvgIpc) is 3.41. The quantitative estimate of drug-likeness (QED) is 0.303. The highest BCUT2D eigenvalue weighted by Gasteiger charge is 2.17. The first-order valence-electron chi connectivity index (χ1n) is 9.48. The summed E-state index contributed by atoms with van der Waals surface area (Å²) in [6, 6.07) is 10.1. The Morgan fingerprint density at radius 1 is 1.17 bits per heavy atom. The second-order valence-electron chi connectivity index (χ2n) is 6.89. The van der Waals surface area contributed by atoms with Crippen LogP contribution in [0, 0.1) is 0 Å². The molecule has 9 heteroatoms. The monoisotopic (exact) mass is 409 g/mol. The molecule has 8 nitrogen and oxygen atoms in total. The van der Waals surface area contributed by atoms with E-state index >= 15 is 0 Å². The molecule has 3 aromatic heterocycles. The van der Waals surface area contributed by atoms with Crippen molar-refractivity contribution in [3.63, 3.8) is 0 Å². The van der Waals surface area contributed by atoms with Gasteiger partial charge in [-0.2, -0.15) is 10.2 Å². The summed E-state index contributed by atoms with van der Waals surface area (Å²) in [4.78, 5) is 9.26. The van der Waals surface area contributed by atoms with Crippen LogP contribution in [-0.2, 0) is 6.54 Å². The molecule has 29 heavy (non-hydrogen) atoms. The third-order valence-corrected chi connectivity index (χ3v) is 5.30. The van der Waals surface area contributed by atoms with Gasteiger partial charge in [0.25, 0.3) is 0 Å².